The van der Waals surface area contributed by atoms with Crippen molar-refractivity contribution in [1.82, 2.24) is 24.1 Å². The SMILES string of the molecule is Cc1nc2ccccc2n1C1CC[C@@H]2CC[C@H](C1)N2CCC1(c2cccc(F)c2)CCN(C(=O)c2c(Cl)ccc(S(=O)(=O)NC(C)(C)C)c2Cl)CC1. The molecule has 3 aromatic carbocycles. The van der Waals surface area contributed by atoms with Crippen molar-refractivity contribution in [2.75, 3.05) is 19.6 Å². The zero-order chi connectivity index (χ0) is 37.0. The lowest BCUT2D eigenvalue weighted by atomic mass is 9.70. The van der Waals surface area contributed by atoms with Gasteiger partial charge in [-0.3, -0.25) is 9.69 Å². The van der Waals surface area contributed by atoms with Crippen LogP contribution in [0, 0.1) is 12.7 Å². The number of nitrogens with zero attached hydrogens (tertiary/aromatic N) is 4. The molecule has 0 radical (unpaired) electrons. The van der Waals surface area contributed by atoms with Crippen molar-refractivity contribution < 1.29 is 17.6 Å². The average Bonchev–Trinajstić information content (AvgIpc) is 3.56. The number of fused-ring (bicyclic) bond motifs is 3. The largest absolute Gasteiger partial charge is 0.338 e. The fourth-order valence-corrected chi connectivity index (χ4v) is 11.5. The number of aryl methyl sites for hydroxylation is 1. The van der Waals surface area contributed by atoms with E-state index in [1.165, 1.54) is 36.6 Å². The number of likely N-dealkylation sites (tertiary alicyclic amines) is 1. The Hall–Kier alpha value is -3.02. The number of hydrogen-bond donors (Lipinski definition) is 1. The van der Waals surface area contributed by atoms with E-state index in [-0.39, 0.29) is 31.7 Å². The van der Waals surface area contributed by atoms with Crippen LogP contribution in [0.5, 0.6) is 0 Å². The Morgan fingerprint density at radius 1 is 0.962 bits per heavy atom. The second kappa shape index (κ2) is 14.3. The number of nitrogens with one attached hydrogen (secondary N) is 1. The molecule has 1 N–H and O–H groups in total. The topological polar surface area (TPSA) is 87.5 Å². The lowest BCUT2D eigenvalue weighted by molar-refractivity contribution is 0.0639. The standard InChI is InChI=1S/C40H48Cl2FN5O3S/c1-26-44-33-10-5-6-11-34(33)48(26)31-15-13-29-12-14-30(25-31)47(29)23-20-40(27-8-7-9-28(43)24-27)18-21-46(22-19-40)38(49)36-32(41)16-17-35(37(36)42)52(50,51)45-39(2,3)4/h5-11,16-17,24,29-31,45H,12-15,18-23,25H2,1-4H3/t29-,30+,31?/m0/s1. The Morgan fingerprint density at radius 3 is 2.37 bits per heavy atom. The van der Waals surface area contributed by atoms with E-state index >= 15 is 0 Å². The first kappa shape index (κ1) is 37.3. The number of aromatic nitrogens is 2. The zero-order valence-electron chi connectivity index (χ0n) is 30.3. The van der Waals surface area contributed by atoms with Crippen molar-refractivity contribution in [3.63, 3.8) is 0 Å². The normalized spacial score (nSPS) is 22.5. The first-order valence-electron chi connectivity index (χ1n) is 18.4. The number of hydrogen-bond acceptors (Lipinski definition) is 5. The molecule has 3 aliphatic heterocycles. The molecule has 278 valence electrons. The third-order valence-electron chi connectivity index (χ3n) is 11.6. The van der Waals surface area contributed by atoms with E-state index in [1.54, 1.807) is 37.8 Å². The summed E-state index contributed by atoms with van der Waals surface area (Å²) in [5.74, 6) is 0.394. The molecule has 0 spiro atoms. The molecule has 8 nitrogen and oxygen atoms in total. The summed E-state index contributed by atoms with van der Waals surface area (Å²) in [5, 5.41) is -0.0921. The summed E-state index contributed by atoms with van der Waals surface area (Å²) in [5.41, 5.74) is 2.11. The molecule has 4 heterocycles. The summed E-state index contributed by atoms with van der Waals surface area (Å²) in [7, 11) is -4.02. The first-order valence-corrected chi connectivity index (χ1v) is 20.7. The molecule has 12 heteroatoms. The van der Waals surface area contributed by atoms with E-state index in [4.69, 9.17) is 28.2 Å². The number of carbonyl (C=O) groups is 1. The van der Waals surface area contributed by atoms with Crippen LogP contribution >= 0.6 is 23.2 Å². The number of carbonyl (C=O) groups excluding carboxylic acids is 1. The van der Waals surface area contributed by atoms with Gasteiger partial charge in [0.2, 0.25) is 10.0 Å². The second-order valence-electron chi connectivity index (χ2n) is 16.0. The van der Waals surface area contributed by atoms with Crippen molar-refractivity contribution in [3.8, 4) is 0 Å². The van der Waals surface area contributed by atoms with E-state index in [9.17, 15) is 17.6 Å². The summed E-state index contributed by atoms with van der Waals surface area (Å²) >= 11 is 13.2. The van der Waals surface area contributed by atoms with Crippen LogP contribution in [-0.2, 0) is 15.4 Å². The third kappa shape index (κ3) is 7.26. The molecule has 3 saturated heterocycles. The van der Waals surface area contributed by atoms with E-state index < -0.39 is 21.5 Å². The lowest BCUT2D eigenvalue weighted by Crippen LogP contribution is -2.47. The Balaban J connectivity index is 1.10. The molecule has 1 aromatic heterocycles. The molecule has 3 aliphatic rings. The lowest BCUT2D eigenvalue weighted by Gasteiger charge is -2.44. The summed E-state index contributed by atoms with van der Waals surface area (Å²) in [6.07, 6.45) is 7.79. The van der Waals surface area contributed by atoms with Crippen LogP contribution in [0.3, 0.4) is 0 Å². The predicted octanol–water partition coefficient (Wildman–Crippen LogP) is 8.69. The van der Waals surface area contributed by atoms with E-state index in [2.05, 4.69) is 39.3 Å². The van der Waals surface area contributed by atoms with Crippen LogP contribution in [0.2, 0.25) is 10.0 Å². The highest BCUT2D eigenvalue weighted by Crippen LogP contribution is 2.44. The maximum absolute atomic E-state index is 14.8. The van der Waals surface area contributed by atoms with Crippen LogP contribution in [0.4, 0.5) is 4.39 Å². The van der Waals surface area contributed by atoms with Crippen LogP contribution < -0.4 is 4.72 Å². The quantitative estimate of drug-likeness (QED) is 0.194. The maximum atomic E-state index is 14.8. The van der Waals surface area contributed by atoms with Crippen LogP contribution in [-0.4, -0.2) is 70.9 Å². The molecular formula is C40H48Cl2FN5O3S. The number of rotatable bonds is 8. The fourth-order valence-electron chi connectivity index (χ4n) is 9.16. The van der Waals surface area contributed by atoms with Gasteiger partial charge in [0.25, 0.3) is 5.91 Å². The van der Waals surface area contributed by atoms with Gasteiger partial charge in [-0.1, -0.05) is 47.5 Å². The highest BCUT2D eigenvalue weighted by atomic mass is 35.5. The number of sulfonamides is 1. The Bertz CT molecular complexity index is 2090. The number of piperidine rings is 1. The molecule has 4 aromatic rings. The first-order chi connectivity index (χ1) is 24.7. The van der Waals surface area contributed by atoms with Crippen LogP contribution in [0.15, 0.2) is 65.6 Å². The van der Waals surface area contributed by atoms with Gasteiger partial charge < -0.3 is 9.47 Å². The minimum absolute atomic E-state index is 0.0185. The van der Waals surface area contributed by atoms with Gasteiger partial charge in [0.05, 0.1) is 26.6 Å². The summed E-state index contributed by atoms with van der Waals surface area (Å²) < 4.78 is 46.3. The number of imidazole rings is 1. The molecular weight excluding hydrogens is 720 g/mol. The summed E-state index contributed by atoms with van der Waals surface area (Å²) in [6.45, 7) is 9.02. The van der Waals surface area contributed by atoms with Crippen molar-refractivity contribution in [2.45, 2.75) is 113 Å². The Kier molecular flexibility index (Phi) is 10.3. The molecule has 0 saturated carbocycles. The van der Waals surface area contributed by atoms with Crippen molar-refractivity contribution in [3.05, 3.63) is 93.5 Å². The minimum Gasteiger partial charge on any atom is -0.338 e. The monoisotopic (exact) mass is 767 g/mol. The Morgan fingerprint density at radius 2 is 1.65 bits per heavy atom. The predicted molar refractivity (Wildman–Crippen MR) is 205 cm³/mol. The van der Waals surface area contributed by atoms with Gasteiger partial charge in [-0.05, 0) is 133 Å². The van der Waals surface area contributed by atoms with Gasteiger partial charge in [-0.2, -0.15) is 0 Å². The van der Waals surface area contributed by atoms with Crippen molar-refractivity contribution >= 4 is 50.2 Å². The average molecular weight is 769 g/mol. The van der Waals surface area contributed by atoms with Gasteiger partial charge in [-0.25, -0.2) is 22.5 Å². The van der Waals surface area contributed by atoms with Crippen molar-refractivity contribution in [2.24, 2.45) is 0 Å². The number of amides is 1. The van der Waals surface area contributed by atoms with Gasteiger partial charge in [-0.15, -0.1) is 0 Å². The molecule has 1 unspecified atom stereocenters. The third-order valence-corrected chi connectivity index (χ3v) is 14.2. The Labute approximate surface area is 316 Å². The molecule has 2 bridgehead atoms. The van der Waals surface area contributed by atoms with E-state index in [0.717, 1.165) is 49.1 Å². The van der Waals surface area contributed by atoms with E-state index in [1.807, 2.05) is 12.1 Å². The minimum atomic E-state index is -4.02. The van der Waals surface area contributed by atoms with E-state index in [0.29, 0.717) is 44.1 Å². The molecule has 52 heavy (non-hydrogen) atoms. The zero-order valence-corrected chi connectivity index (χ0v) is 32.7. The highest BCUT2D eigenvalue weighted by Gasteiger charge is 2.43. The van der Waals surface area contributed by atoms with Gasteiger partial charge in [0, 0.05) is 36.8 Å². The van der Waals surface area contributed by atoms with Crippen molar-refractivity contribution in [1.29, 1.82) is 0 Å². The molecule has 1 amide bonds. The van der Waals surface area contributed by atoms with Crippen LogP contribution in [0.1, 0.15) is 99.9 Å². The number of para-hydroxylation sites is 2. The summed E-state index contributed by atoms with van der Waals surface area (Å²) in [4.78, 5) is 23.2. The number of benzene rings is 3. The van der Waals surface area contributed by atoms with Gasteiger partial charge >= 0.3 is 0 Å². The van der Waals surface area contributed by atoms with Crippen LogP contribution in [0.25, 0.3) is 11.0 Å². The van der Waals surface area contributed by atoms with Gasteiger partial charge in [0.15, 0.2) is 0 Å². The van der Waals surface area contributed by atoms with Gasteiger partial charge in [0.1, 0.15) is 16.5 Å². The molecule has 3 fully saturated rings. The molecule has 3 atom stereocenters. The fraction of sp³-hybridized carbons (Fsp3) is 0.500. The summed E-state index contributed by atoms with van der Waals surface area (Å²) in [6, 6.07) is 19.5. The highest BCUT2D eigenvalue weighted by molar-refractivity contribution is 7.89. The molecule has 0 aliphatic carbocycles. The molecule has 7 rings (SSSR count). The number of halogens is 3. The maximum Gasteiger partial charge on any atom is 0.256 e. The smallest absolute Gasteiger partial charge is 0.256 e. The second-order valence-corrected chi connectivity index (χ2v) is 18.5.